The van der Waals surface area contributed by atoms with Crippen LogP contribution < -0.4 is 5.32 Å². The molecule has 3 nitrogen and oxygen atoms in total. The average Bonchev–Trinajstić information content (AvgIpc) is 2.58. The highest BCUT2D eigenvalue weighted by molar-refractivity contribution is 5.94. The van der Waals surface area contributed by atoms with Crippen molar-refractivity contribution in [3.63, 3.8) is 0 Å². The molecule has 3 aromatic rings. The summed E-state index contributed by atoms with van der Waals surface area (Å²) in [4.78, 5) is 11.9. The summed E-state index contributed by atoms with van der Waals surface area (Å²) in [5, 5.41) is 14.4. The van der Waals surface area contributed by atoms with Gasteiger partial charge in [0.05, 0.1) is 6.10 Å². The van der Waals surface area contributed by atoms with Crippen LogP contribution in [0.4, 0.5) is 13.2 Å². The molecule has 3 rings (SSSR count). The van der Waals surface area contributed by atoms with Gasteiger partial charge in [-0.2, -0.15) is 0 Å². The van der Waals surface area contributed by atoms with Gasteiger partial charge in [0.25, 0.3) is 5.91 Å². The first-order valence-corrected chi connectivity index (χ1v) is 7.55. The van der Waals surface area contributed by atoms with Crippen molar-refractivity contribution in [3.8, 4) is 0 Å². The number of benzene rings is 3. The van der Waals surface area contributed by atoms with Crippen molar-refractivity contribution >= 4 is 16.7 Å². The molecule has 0 aromatic heterocycles. The van der Waals surface area contributed by atoms with E-state index in [2.05, 4.69) is 5.32 Å². The Hall–Kier alpha value is -2.86. The lowest BCUT2D eigenvalue weighted by atomic mass is 10.0. The van der Waals surface area contributed by atoms with Crippen molar-refractivity contribution < 1.29 is 23.1 Å². The van der Waals surface area contributed by atoms with Crippen molar-refractivity contribution in [2.75, 3.05) is 6.54 Å². The number of aliphatic hydroxyl groups is 1. The molecule has 25 heavy (non-hydrogen) atoms. The number of nitrogens with one attached hydrogen (secondary N) is 1. The van der Waals surface area contributed by atoms with E-state index < -0.39 is 35.0 Å². The summed E-state index contributed by atoms with van der Waals surface area (Å²) in [5.74, 6) is -4.76. The molecule has 0 saturated heterocycles. The molecule has 0 aliphatic heterocycles. The SMILES string of the molecule is O=C(NCC(O)c1ccc2ccccc2c1)c1c(F)cc(F)cc1F. The Labute approximate surface area is 141 Å². The fraction of sp³-hybridized carbons (Fsp3) is 0.105. The number of hydrogen-bond donors (Lipinski definition) is 2. The molecule has 128 valence electrons. The van der Waals surface area contributed by atoms with Crippen molar-refractivity contribution in [1.29, 1.82) is 0 Å². The average molecular weight is 345 g/mol. The van der Waals surface area contributed by atoms with Gasteiger partial charge in [-0.05, 0) is 22.4 Å². The van der Waals surface area contributed by atoms with E-state index >= 15 is 0 Å². The molecular weight excluding hydrogens is 331 g/mol. The third-order valence-corrected chi connectivity index (χ3v) is 3.85. The van der Waals surface area contributed by atoms with Gasteiger partial charge < -0.3 is 10.4 Å². The van der Waals surface area contributed by atoms with Crippen LogP contribution in [0.15, 0.2) is 54.6 Å². The highest BCUT2D eigenvalue weighted by Gasteiger charge is 2.20. The van der Waals surface area contributed by atoms with Crippen LogP contribution in [0.5, 0.6) is 0 Å². The lowest BCUT2D eigenvalue weighted by Gasteiger charge is -2.14. The molecule has 0 bridgehead atoms. The van der Waals surface area contributed by atoms with E-state index in [0.717, 1.165) is 10.8 Å². The third kappa shape index (κ3) is 3.64. The molecule has 0 aliphatic rings. The highest BCUT2D eigenvalue weighted by atomic mass is 19.1. The highest BCUT2D eigenvalue weighted by Crippen LogP contribution is 2.20. The first-order chi connectivity index (χ1) is 12.0. The normalized spacial score (nSPS) is 12.2. The number of carbonyl (C=O) groups excluding carboxylic acids is 1. The van der Waals surface area contributed by atoms with Gasteiger partial charge in [-0.3, -0.25) is 4.79 Å². The van der Waals surface area contributed by atoms with Gasteiger partial charge in [0, 0.05) is 18.7 Å². The molecule has 0 heterocycles. The minimum atomic E-state index is -1.30. The Morgan fingerprint density at radius 3 is 2.28 bits per heavy atom. The van der Waals surface area contributed by atoms with Crippen LogP contribution in [0.1, 0.15) is 22.0 Å². The summed E-state index contributed by atoms with van der Waals surface area (Å²) in [6, 6.07) is 13.7. The summed E-state index contributed by atoms with van der Waals surface area (Å²) < 4.78 is 40.0. The molecular formula is C19H14F3NO2. The maximum absolute atomic E-state index is 13.6. The monoisotopic (exact) mass is 345 g/mol. The predicted molar refractivity (Wildman–Crippen MR) is 87.6 cm³/mol. The van der Waals surface area contributed by atoms with Crippen LogP contribution in [0.25, 0.3) is 10.8 Å². The lowest BCUT2D eigenvalue weighted by molar-refractivity contribution is 0.0908. The molecule has 3 aromatic carbocycles. The van der Waals surface area contributed by atoms with Gasteiger partial charge in [-0.1, -0.05) is 36.4 Å². The number of rotatable bonds is 4. The Kier molecular flexibility index (Phi) is 4.72. The molecule has 6 heteroatoms. The molecule has 0 fully saturated rings. The number of amides is 1. The van der Waals surface area contributed by atoms with Crippen LogP contribution >= 0.6 is 0 Å². The Morgan fingerprint density at radius 2 is 1.60 bits per heavy atom. The van der Waals surface area contributed by atoms with Crippen molar-refractivity contribution in [2.24, 2.45) is 0 Å². The molecule has 0 saturated carbocycles. The van der Waals surface area contributed by atoms with E-state index in [1.165, 1.54) is 0 Å². The van der Waals surface area contributed by atoms with E-state index in [0.29, 0.717) is 17.7 Å². The van der Waals surface area contributed by atoms with Gasteiger partial charge in [-0.15, -0.1) is 0 Å². The molecule has 0 radical (unpaired) electrons. The fourth-order valence-corrected chi connectivity index (χ4v) is 2.57. The number of hydrogen-bond acceptors (Lipinski definition) is 2. The van der Waals surface area contributed by atoms with Crippen molar-refractivity contribution in [2.45, 2.75) is 6.10 Å². The molecule has 0 aliphatic carbocycles. The predicted octanol–water partition coefficient (Wildman–Crippen LogP) is 3.72. The summed E-state index contributed by atoms with van der Waals surface area (Å²) in [6.07, 6.45) is -1.06. The molecule has 1 amide bonds. The standard InChI is InChI=1S/C19H14F3NO2/c20-14-8-15(21)18(16(22)9-14)19(25)23-10-17(24)13-6-5-11-3-1-2-4-12(11)7-13/h1-9,17,24H,10H2,(H,23,25). The van der Waals surface area contributed by atoms with Gasteiger partial charge in [0.1, 0.15) is 23.0 Å². The minimum absolute atomic E-state index is 0.243. The van der Waals surface area contributed by atoms with E-state index in [1.54, 1.807) is 12.1 Å². The van der Waals surface area contributed by atoms with Crippen molar-refractivity contribution in [1.82, 2.24) is 5.32 Å². The van der Waals surface area contributed by atoms with Crippen LogP contribution in [-0.4, -0.2) is 17.6 Å². The van der Waals surface area contributed by atoms with Crippen LogP contribution in [-0.2, 0) is 0 Å². The van der Waals surface area contributed by atoms with Gasteiger partial charge in [-0.25, -0.2) is 13.2 Å². The molecule has 0 spiro atoms. The second-order valence-corrected chi connectivity index (χ2v) is 5.58. The summed E-state index contributed by atoms with van der Waals surface area (Å²) >= 11 is 0. The topological polar surface area (TPSA) is 49.3 Å². The number of fused-ring (bicyclic) bond motifs is 1. The zero-order valence-corrected chi connectivity index (χ0v) is 13.0. The number of aliphatic hydroxyl groups excluding tert-OH is 1. The van der Waals surface area contributed by atoms with Crippen molar-refractivity contribution in [3.05, 3.63) is 83.2 Å². The van der Waals surface area contributed by atoms with Crippen LogP contribution in [0.3, 0.4) is 0 Å². The Balaban J connectivity index is 1.73. The minimum Gasteiger partial charge on any atom is -0.387 e. The largest absolute Gasteiger partial charge is 0.387 e. The number of carbonyl (C=O) groups is 1. The Bertz CT molecular complexity index is 920. The maximum atomic E-state index is 13.6. The van der Waals surface area contributed by atoms with E-state index in [9.17, 15) is 23.1 Å². The quantitative estimate of drug-likeness (QED) is 0.757. The maximum Gasteiger partial charge on any atom is 0.257 e. The molecule has 1 unspecified atom stereocenters. The third-order valence-electron chi connectivity index (χ3n) is 3.85. The first-order valence-electron chi connectivity index (χ1n) is 7.55. The first kappa shape index (κ1) is 17.0. The van der Waals surface area contributed by atoms with Gasteiger partial charge in [0.15, 0.2) is 0 Å². The zero-order chi connectivity index (χ0) is 18.0. The van der Waals surface area contributed by atoms with Gasteiger partial charge >= 0.3 is 0 Å². The van der Waals surface area contributed by atoms with Crippen LogP contribution in [0.2, 0.25) is 0 Å². The van der Waals surface area contributed by atoms with E-state index in [-0.39, 0.29) is 6.54 Å². The van der Waals surface area contributed by atoms with Crippen LogP contribution in [0, 0.1) is 17.5 Å². The van der Waals surface area contributed by atoms with E-state index in [1.807, 2.05) is 30.3 Å². The molecule has 2 N–H and O–H groups in total. The zero-order valence-electron chi connectivity index (χ0n) is 13.0. The smallest absolute Gasteiger partial charge is 0.257 e. The lowest BCUT2D eigenvalue weighted by Crippen LogP contribution is -2.30. The number of halogens is 3. The fourth-order valence-electron chi connectivity index (χ4n) is 2.57. The van der Waals surface area contributed by atoms with Gasteiger partial charge in [0.2, 0.25) is 0 Å². The second kappa shape index (κ2) is 6.94. The summed E-state index contributed by atoms with van der Waals surface area (Å²) in [6.45, 7) is -0.243. The van der Waals surface area contributed by atoms with E-state index in [4.69, 9.17) is 0 Å². The Morgan fingerprint density at radius 1 is 0.960 bits per heavy atom. The molecule has 1 atom stereocenters. The summed E-state index contributed by atoms with van der Waals surface area (Å²) in [7, 11) is 0. The second-order valence-electron chi connectivity index (χ2n) is 5.58. The summed E-state index contributed by atoms with van der Waals surface area (Å²) in [5.41, 5.74) is -0.328.